The van der Waals surface area contributed by atoms with E-state index in [2.05, 4.69) is 28.7 Å². The van der Waals surface area contributed by atoms with Gasteiger partial charge in [-0.05, 0) is 31.2 Å². The second-order valence-electron chi connectivity index (χ2n) is 5.24. The van der Waals surface area contributed by atoms with Gasteiger partial charge < -0.3 is 10.0 Å². The Morgan fingerprint density at radius 2 is 2.22 bits per heavy atom. The summed E-state index contributed by atoms with van der Waals surface area (Å²) in [4.78, 5) is 21.5. The number of carboxylic acids is 1. The Hall–Kier alpha value is -1.65. The lowest BCUT2D eigenvalue weighted by molar-refractivity contribution is 0.0690. The van der Waals surface area contributed by atoms with Crippen LogP contribution in [0.5, 0.6) is 0 Å². The molecule has 18 heavy (non-hydrogen) atoms. The normalized spacial score (nSPS) is 19.6. The van der Waals surface area contributed by atoms with Gasteiger partial charge in [-0.1, -0.05) is 13.8 Å². The highest BCUT2D eigenvalue weighted by atomic mass is 16.4. The zero-order valence-corrected chi connectivity index (χ0v) is 11.1. The molecule has 5 nitrogen and oxygen atoms in total. The van der Waals surface area contributed by atoms with Crippen LogP contribution < -0.4 is 4.90 Å². The fourth-order valence-corrected chi connectivity index (χ4v) is 2.32. The Kier molecular flexibility index (Phi) is 3.50. The summed E-state index contributed by atoms with van der Waals surface area (Å²) < 4.78 is 0. The molecule has 1 N–H and O–H groups in total. The molecule has 1 aromatic rings. The zero-order chi connectivity index (χ0) is 13.3. The van der Waals surface area contributed by atoms with Gasteiger partial charge in [0.15, 0.2) is 5.69 Å². The van der Waals surface area contributed by atoms with Crippen molar-refractivity contribution in [2.45, 2.75) is 27.2 Å². The number of carbonyl (C=O) groups is 1. The molecule has 2 heterocycles. The van der Waals surface area contributed by atoms with E-state index in [1.165, 1.54) is 6.07 Å². The first-order valence-electron chi connectivity index (χ1n) is 6.31. The molecule has 1 unspecified atom stereocenters. The van der Waals surface area contributed by atoms with E-state index in [0.29, 0.717) is 23.5 Å². The van der Waals surface area contributed by atoms with E-state index in [1.807, 2.05) is 0 Å². The number of aromatic nitrogens is 2. The molecule has 1 saturated heterocycles. The predicted molar refractivity (Wildman–Crippen MR) is 68.9 cm³/mol. The molecule has 1 aliphatic rings. The third-order valence-electron chi connectivity index (χ3n) is 3.51. The molecule has 0 radical (unpaired) electrons. The summed E-state index contributed by atoms with van der Waals surface area (Å²) >= 11 is 0. The maximum atomic E-state index is 11.0. The van der Waals surface area contributed by atoms with Crippen LogP contribution in [0.15, 0.2) is 6.07 Å². The molecule has 1 atom stereocenters. The van der Waals surface area contributed by atoms with E-state index in [-0.39, 0.29) is 5.69 Å². The number of hydrogen-bond donors (Lipinski definition) is 1. The molecule has 0 aromatic carbocycles. The average Bonchev–Trinajstić information content (AvgIpc) is 2.77. The van der Waals surface area contributed by atoms with Crippen molar-refractivity contribution in [2.75, 3.05) is 18.0 Å². The van der Waals surface area contributed by atoms with E-state index in [9.17, 15) is 4.79 Å². The Labute approximate surface area is 107 Å². The molecule has 1 aliphatic heterocycles. The minimum atomic E-state index is -0.999. The van der Waals surface area contributed by atoms with Gasteiger partial charge in [0.1, 0.15) is 0 Å². The average molecular weight is 249 g/mol. The van der Waals surface area contributed by atoms with Gasteiger partial charge in [-0.25, -0.2) is 14.8 Å². The number of hydrogen-bond acceptors (Lipinski definition) is 4. The molecule has 0 bridgehead atoms. The van der Waals surface area contributed by atoms with Crippen LogP contribution in [0.3, 0.4) is 0 Å². The van der Waals surface area contributed by atoms with Crippen molar-refractivity contribution < 1.29 is 9.90 Å². The molecular weight excluding hydrogens is 230 g/mol. The second-order valence-corrected chi connectivity index (χ2v) is 5.24. The van der Waals surface area contributed by atoms with E-state index in [0.717, 1.165) is 19.5 Å². The maximum Gasteiger partial charge on any atom is 0.354 e. The quantitative estimate of drug-likeness (QED) is 0.887. The molecule has 1 aromatic heterocycles. The van der Waals surface area contributed by atoms with Gasteiger partial charge in [0.2, 0.25) is 5.95 Å². The van der Waals surface area contributed by atoms with E-state index >= 15 is 0 Å². The smallest absolute Gasteiger partial charge is 0.354 e. The van der Waals surface area contributed by atoms with Crippen LogP contribution >= 0.6 is 0 Å². The van der Waals surface area contributed by atoms with Crippen molar-refractivity contribution >= 4 is 11.9 Å². The number of anilines is 1. The van der Waals surface area contributed by atoms with Gasteiger partial charge in [0.05, 0.1) is 0 Å². The summed E-state index contributed by atoms with van der Waals surface area (Å²) in [6, 6.07) is 1.50. The molecule has 0 spiro atoms. The van der Waals surface area contributed by atoms with Crippen LogP contribution in [-0.4, -0.2) is 34.1 Å². The molecule has 0 amide bonds. The summed E-state index contributed by atoms with van der Waals surface area (Å²) in [5, 5.41) is 9.01. The first-order valence-corrected chi connectivity index (χ1v) is 6.31. The van der Waals surface area contributed by atoms with Crippen LogP contribution in [0, 0.1) is 18.8 Å². The monoisotopic (exact) mass is 249 g/mol. The van der Waals surface area contributed by atoms with Gasteiger partial charge in [-0.3, -0.25) is 0 Å². The number of aromatic carboxylic acids is 1. The van der Waals surface area contributed by atoms with E-state index in [1.54, 1.807) is 6.92 Å². The summed E-state index contributed by atoms with van der Waals surface area (Å²) in [5.41, 5.74) is 0.774. The highest BCUT2D eigenvalue weighted by Gasteiger charge is 2.27. The first-order chi connectivity index (χ1) is 8.47. The van der Waals surface area contributed by atoms with Crippen molar-refractivity contribution in [3.05, 3.63) is 17.5 Å². The lowest BCUT2D eigenvalue weighted by atomic mass is 9.95. The van der Waals surface area contributed by atoms with Gasteiger partial charge in [-0.2, -0.15) is 0 Å². The molecular formula is C13H19N3O2. The fraction of sp³-hybridized carbons (Fsp3) is 0.615. The molecule has 98 valence electrons. The van der Waals surface area contributed by atoms with Crippen molar-refractivity contribution in [1.82, 2.24) is 9.97 Å². The first kappa shape index (κ1) is 12.8. The standard InChI is InChI=1S/C13H19N3O2/c1-8(2)10-4-5-16(7-10)13-14-9(3)6-11(15-13)12(17)18/h6,8,10H,4-5,7H2,1-3H3,(H,17,18). The number of carboxylic acid groups (broad SMARTS) is 1. The van der Waals surface area contributed by atoms with Crippen LogP contribution in [0.2, 0.25) is 0 Å². The molecule has 1 fully saturated rings. The largest absolute Gasteiger partial charge is 0.477 e. The molecule has 0 aliphatic carbocycles. The summed E-state index contributed by atoms with van der Waals surface area (Å²) in [5.74, 6) is 0.832. The summed E-state index contributed by atoms with van der Waals surface area (Å²) in [6.45, 7) is 8.06. The number of nitrogens with zero attached hydrogens (tertiary/aromatic N) is 3. The van der Waals surface area contributed by atoms with Gasteiger partial charge in [0, 0.05) is 18.8 Å². The fourth-order valence-electron chi connectivity index (χ4n) is 2.32. The van der Waals surface area contributed by atoms with Crippen LogP contribution in [0.1, 0.15) is 36.5 Å². The third-order valence-corrected chi connectivity index (χ3v) is 3.51. The number of rotatable bonds is 3. The van der Waals surface area contributed by atoms with Gasteiger partial charge >= 0.3 is 5.97 Å². The second kappa shape index (κ2) is 4.92. The Bertz CT molecular complexity index is 460. The van der Waals surface area contributed by atoms with Crippen molar-refractivity contribution in [3.8, 4) is 0 Å². The lowest BCUT2D eigenvalue weighted by Crippen LogP contribution is -2.24. The zero-order valence-electron chi connectivity index (χ0n) is 11.1. The third kappa shape index (κ3) is 2.60. The van der Waals surface area contributed by atoms with Gasteiger partial charge in [-0.15, -0.1) is 0 Å². The van der Waals surface area contributed by atoms with Crippen LogP contribution in [-0.2, 0) is 0 Å². The minimum absolute atomic E-state index is 0.0745. The summed E-state index contributed by atoms with van der Waals surface area (Å²) in [6.07, 6.45) is 1.12. The van der Waals surface area contributed by atoms with Crippen molar-refractivity contribution in [2.24, 2.45) is 11.8 Å². The van der Waals surface area contributed by atoms with Crippen LogP contribution in [0.25, 0.3) is 0 Å². The number of aryl methyl sites for hydroxylation is 1. The lowest BCUT2D eigenvalue weighted by Gasteiger charge is -2.18. The van der Waals surface area contributed by atoms with Gasteiger partial charge in [0.25, 0.3) is 0 Å². The molecule has 5 heteroatoms. The topological polar surface area (TPSA) is 66.3 Å². The van der Waals surface area contributed by atoms with Crippen LogP contribution in [0.4, 0.5) is 5.95 Å². The Morgan fingerprint density at radius 1 is 1.50 bits per heavy atom. The highest BCUT2D eigenvalue weighted by molar-refractivity contribution is 5.85. The highest BCUT2D eigenvalue weighted by Crippen LogP contribution is 2.26. The van der Waals surface area contributed by atoms with E-state index < -0.39 is 5.97 Å². The predicted octanol–water partition coefficient (Wildman–Crippen LogP) is 1.97. The van der Waals surface area contributed by atoms with Crippen molar-refractivity contribution in [3.63, 3.8) is 0 Å². The molecule has 2 rings (SSSR count). The van der Waals surface area contributed by atoms with Crippen molar-refractivity contribution in [1.29, 1.82) is 0 Å². The SMILES string of the molecule is Cc1cc(C(=O)O)nc(N2CCC(C(C)C)C2)n1. The van der Waals surface area contributed by atoms with E-state index in [4.69, 9.17) is 5.11 Å². The maximum absolute atomic E-state index is 11.0. The Balaban J connectivity index is 2.21. The summed E-state index contributed by atoms with van der Waals surface area (Å²) in [7, 11) is 0. The molecule has 0 saturated carbocycles. The minimum Gasteiger partial charge on any atom is -0.477 e. The Morgan fingerprint density at radius 3 is 2.78 bits per heavy atom.